The van der Waals surface area contributed by atoms with Gasteiger partial charge in [-0.3, -0.25) is 9.59 Å². The molecule has 146 valence electrons. The first kappa shape index (κ1) is 18.8. The standard InChI is InChI=1S/C18H18Cl2N6O2/c1-21-13(27)3-8-6-22-14(28)5-10-15-9(12-7-23-26(2)25-12)4-11(19)16(20)18(15)24-17(8)10/h4,7-8,24H,3,5-6H2,1-2H3,(H,21,27)(H,22,28). The summed E-state index contributed by atoms with van der Waals surface area (Å²) in [5, 5.41) is 15.6. The summed E-state index contributed by atoms with van der Waals surface area (Å²) in [5.41, 5.74) is 3.62. The van der Waals surface area contributed by atoms with E-state index in [1.165, 1.54) is 4.80 Å². The van der Waals surface area contributed by atoms with Crippen LogP contribution in [0.1, 0.15) is 23.6 Å². The van der Waals surface area contributed by atoms with Crippen LogP contribution in [0.5, 0.6) is 0 Å². The van der Waals surface area contributed by atoms with E-state index in [2.05, 4.69) is 25.8 Å². The molecular formula is C18H18Cl2N6O2. The maximum absolute atomic E-state index is 12.4. The lowest BCUT2D eigenvalue weighted by Crippen LogP contribution is -2.29. The molecule has 0 bridgehead atoms. The maximum Gasteiger partial charge on any atom is 0.224 e. The van der Waals surface area contributed by atoms with Crippen LogP contribution in [0.25, 0.3) is 22.2 Å². The van der Waals surface area contributed by atoms with Gasteiger partial charge >= 0.3 is 0 Å². The van der Waals surface area contributed by atoms with Crippen LogP contribution in [0.15, 0.2) is 12.3 Å². The normalized spacial score (nSPS) is 16.6. The van der Waals surface area contributed by atoms with E-state index in [1.54, 1.807) is 26.4 Å². The van der Waals surface area contributed by atoms with Crippen LogP contribution in [-0.2, 0) is 23.1 Å². The molecule has 0 saturated heterocycles. The minimum absolute atomic E-state index is 0.107. The smallest absolute Gasteiger partial charge is 0.224 e. The Hall–Kier alpha value is -2.58. The molecule has 8 nitrogen and oxygen atoms in total. The zero-order chi connectivity index (χ0) is 20.0. The maximum atomic E-state index is 12.4. The number of aromatic nitrogens is 4. The molecule has 1 atom stereocenters. The number of hydrogen-bond acceptors (Lipinski definition) is 4. The minimum atomic E-state index is -0.210. The molecule has 3 N–H and O–H groups in total. The zero-order valence-corrected chi connectivity index (χ0v) is 16.8. The fourth-order valence-corrected chi connectivity index (χ4v) is 4.07. The summed E-state index contributed by atoms with van der Waals surface area (Å²) in [4.78, 5) is 29.2. The lowest BCUT2D eigenvalue weighted by molar-refractivity contribution is -0.122. The van der Waals surface area contributed by atoms with Crippen LogP contribution in [0.2, 0.25) is 10.0 Å². The zero-order valence-electron chi connectivity index (χ0n) is 15.3. The molecule has 4 rings (SSSR count). The highest BCUT2D eigenvalue weighted by Crippen LogP contribution is 2.42. The van der Waals surface area contributed by atoms with Gasteiger partial charge in [0.15, 0.2) is 0 Å². The third-order valence-electron chi connectivity index (χ3n) is 4.98. The molecule has 0 radical (unpaired) electrons. The van der Waals surface area contributed by atoms with Crippen LogP contribution in [0.3, 0.4) is 0 Å². The summed E-state index contributed by atoms with van der Waals surface area (Å²) >= 11 is 12.9. The quantitative estimate of drug-likeness (QED) is 0.603. The van der Waals surface area contributed by atoms with Gasteiger partial charge in [0.25, 0.3) is 0 Å². The Bertz CT molecular complexity index is 1100. The molecular weight excluding hydrogens is 403 g/mol. The van der Waals surface area contributed by atoms with E-state index in [0.29, 0.717) is 27.8 Å². The Morgan fingerprint density at radius 1 is 1.43 bits per heavy atom. The molecule has 10 heteroatoms. The Morgan fingerprint density at radius 3 is 2.89 bits per heavy atom. The van der Waals surface area contributed by atoms with Crippen molar-refractivity contribution in [2.24, 2.45) is 7.05 Å². The van der Waals surface area contributed by atoms with Crippen molar-refractivity contribution in [2.45, 2.75) is 18.8 Å². The molecule has 1 aliphatic rings. The van der Waals surface area contributed by atoms with Crippen LogP contribution in [0, 0.1) is 0 Å². The lowest BCUT2D eigenvalue weighted by Gasteiger charge is -2.13. The molecule has 0 aliphatic carbocycles. The minimum Gasteiger partial charge on any atom is -0.359 e. The molecule has 1 aromatic carbocycles. The van der Waals surface area contributed by atoms with Gasteiger partial charge in [-0.2, -0.15) is 15.0 Å². The number of nitrogens with one attached hydrogen (secondary N) is 3. The highest BCUT2D eigenvalue weighted by molar-refractivity contribution is 6.45. The number of fused-ring (bicyclic) bond motifs is 3. The fourth-order valence-electron chi connectivity index (χ4n) is 3.67. The molecule has 28 heavy (non-hydrogen) atoms. The predicted molar refractivity (Wildman–Crippen MR) is 106 cm³/mol. The molecule has 2 amide bonds. The van der Waals surface area contributed by atoms with Gasteiger partial charge in [0.1, 0.15) is 5.69 Å². The molecule has 3 heterocycles. The number of aryl methyl sites for hydroxylation is 1. The summed E-state index contributed by atoms with van der Waals surface area (Å²) in [6.07, 6.45) is 2.05. The van der Waals surface area contributed by atoms with E-state index in [1.807, 2.05) is 0 Å². The highest BCUT2D eigenvalue weighted by atomic mass is 35.5. The third-order valence-corrected chi connectivity index (χ3v) is 5.77. The number of benzene rings is 1. The number of rotatable bonds is 3. The van der Waals surface area contributed by atoms with Gasteiger partial charge in [-0.05, 0) is 11.6 Å². The molecule has 0 saturated carbocycles. The first-order valence-electron chi connectivity index (χ1n) is 8.75. The van der Waals surface area contributed by atoms with Crippen molar-refractivity contribution in [1.29, 1.82) is 0 Å². The van der Waals surface area contributed by atoms with Gasteiger partial charge < -0.3 is 15.6 Å². The second kappa shape index (κ2) is 7.10. The van der Waals surface area contributed by atoms with Crippen molar-refractivity contribution in [1.82, 2.24) is 30.6 Å². The Labute approximate surface area is 170 Å². The second-order valence-electron chi connectivity index (χ2n) is 6.76. The third kappa shape index (κ3) is 3.12. The number of carbonyl (C=O) groups excluding carboxylic acids is 2. The van der Waals surface area contributed by atoms with Crippen LogP contribution >= 0.6 is 23.2 Å². The largest absolute Gasteiger partial charge is 0.359 e. The fraction of sp³-hybridized carbons (Fsp3) is 0.333. The topological polar surface area (TPSA) is 105 Å². The van der Waals surface area contributed by atoms with E-state index in [4.69, 9.17) is 23.2 Å². The summed E-state index contributed by atoms with van der Waals surface area (Å²) in [6.45, 7) is 0.359. The van der Waals surface area contributed by atoms with Crippen molar-refractivity contribution in [2.75, 3.05) is 13.6 Å². The summed E-state index contributed by atoms with van der Waals surface area (Å²) in [5.74, 6) is -0.430. The van der Waals surface area contributed by atoms with Crippen LogP contribution in [-0.4, -0.2) is 45.4 Å². The van der Waals surface area contributed by atoms with Gasteiger partial charge in [-0.15, -0.1) is 0 Å². The van der Waals surface area contributed by atoms with Crippen molar-refractivity contribution >= 4 is 45.9 Å². The Balaban J connectivity index is 2.00. The number of H-pyrrole nitrogens is 1. The molecule has 1 unspecified atom stereocenters. The van der Waals surface area contributed by atoms with Crippen LogP contribution < -0.4 is 10.6 Å². The van der Waals surface area contributed by atoms with E-state index < -0.39 is 0 Å². The molecule has 0 spiro atoms. The van der Waals surface area contributed by atoms with Gasteiger partial charge in [0.05, 0.1) is 28.2 Å². The Morgan fingerprint density at radius 2 is 2.21 bits per heavy atom. The van der Waals surface area contributed by atoms with Crippen molar-refractivity contribution in [3.8, 4) is 11.3 Å². The SMILES string of the molecule is CNC(=O)CC1CNC(=O)Cc2c1[nH]c1c(Cl)c(Cl)cc(-c3cnn(C)n3)c21. The number of amides is 2. The van der Waals surface area contributed by atoms with Gasteiger partial charge in [0, 0.05) is 49.6 Å². The molecule has 1 aliphatic heterocycles. The average molecular weight is 421 g/mol. The summed E-state index contributed by atoms with van der Waals surface area (Å²) in [7, 11) is 3.31. The lowest BCUT2D eigenvalue weighted by atomic mass is 9.94. The molecule has 2 aromatic heterocycles. The van der Waals surface area contributed by atoms with Crippen LogP contribution in [0.4, 0.5) is 0 Å². The van der Waals surface area contributed by atoms with E-state index >= 15 is 0 Å². The monoisotopic (exact) mass is 420 g/mol. The number of halogens is 2. The van der Waals surface area contributed by atoms with Crippen molar-refractivity contribution in [3.63, 3.8) is 0 Å². The van der Waals surface area contributed by atoms with E-state index in [-0.39, 0.29) is 30.6 Å². The van der Waals surface area contributed by atoms with Crippen molar-refractivity contribution in [3.05, 3.63) is 33.6 Å². The van der Waals surface area contributed by atoms with Gasteiger partial charge in [-0.1, -0.05) is 23.2 Å². The first-order chi connectivity index (χ1) is 13.4. The summed E-state index contributed by atoms with van der Waals surface area (Å²) in [6, 6.07) is 1.74. The Kier molecular flexibility index (Phi) is 4.76. The van der Waals surface area contributed by atoms with E-state index in [9.17, 15) is 9.59 Å². The number of aromatic amines is 1. The number of carbonyl (C=O) groups is 2. The molecule has 0 fully saturated rings. The first-order valence-corrected chi connectivity index (χ1v) is 9.51. The predicted octanol–water partition coefficient (Wildman–Crippen LogP) is 2.16. The highest BCUT2D eigenvalue weighted by Gasteiger charge is 2.30. The molecule has 3 aromatic rings. The number of hydrogen-bond donors (Lipinski definition) is 3. The van der Waals surface area contributed by atoms with Gasteiger partial charge in [-0.25, -0.2) is 0 Å². The number of nitrogens with zero attached hydrogens (tertiary/aromatic N) is 3. The van der Waals surface area contributed by atoms with Crippen molar-refractivity contribution < 1.29 is 9.59 Å². The van der Waals surface area contributed by atoms with E-state index in [0.717, 1.165) is 22.2 Å². The second-order valence-corrected chi connectivity index (χ2v) is 7.55. The summed E-state index contributed by atoms with van der Waals surface area (Å²) < 4.78 is 0. The average Bonchev–Trinajstić information content (AvgIpc) is 3.22. The van der Waals surface area contributed by atoms with Gasteiger partial charge in [0.2, 0.25) is 11.8 Å².